The number of para-hydroxylation sites is 1. The topological polar surface area (TPSA) is 139 Å². The van der Waals surface area contributed by atoms with E-state index in [0.717, 1.165) is 6.42 Å². The molecule has 1 fully saturated rings. The van der Waals surface area contributed by atoms with E-state index in [1.54, 1.807) is 24.3 Å². The molecule has 5 rings (SSSR count). The Morgan fingerprint density at radius 3 is 2.35 bits per heavy atom. The monoisotopic (exact) mass is 664 g/mol. The second kappa shape index (κ2) is 13.3. The van der Waals surface area contributed by atoms with Crippen molar-refractivity contribution >= 4 is 50.3 Å². The maximum atomic E-state index is 13.8. The van der Waals surface area contributed by atoms with E-state index in [-0.39, 0.29) is 40.0 Å². The zero-order valence-corrected chi connectivity index (χ0v) is 27.7. The van der Waals surface area contributed by atoms with E-state index in [4.69, 9.17) is 16.1 Å². The lowest BCUT2D eigenvalue weighted by Crippen LogP contribution is -2.55. The highest BCUT2D eigenvalue weighted by atomic mass is 35.5. The number of rotatable bonds is 9. The normalized spacial score (nSPS) is 17.1. The van der Waals surface area contributed by atoms with Crippen molar-refractivity contribution in [3.63, 3.8) is 0 Å². The van der Waals surface area contributed by atoms with Crippen LogP contribution in [0.5, 0.6) is 0 Å². The summed E-state index contributed by atoms with van der Waals surface area (Å²) in [5, 5.41) is 7.88. The number of amides is 3. The smallest absolute Gasteiger partial charge is 0.264 e. The number of sulfonamides is 1. The van der Waals surface area contributed by atoms with Crippen LogP contribution >= 0.6 is 11.6 Å². The van der Waals surface area contributed by atoms with Gasteiger partial charge in [-0.05, 0) is 71.7 Å². The molecule has 2 N–H and O–H groups in total. The van der Waals surface area contributed by atoms with Gasteiger partial charge in [0.25, 0.3) is 11.8 Å². The average molecular weight is 665 g/mol. The first-order chi connectivity index (χ1) is 21.7. The van der Waals surface area contributed by atoms with E-state index in [1.807, 2.05) is 47.7 Å². The van der Waals surface area contributed by atoms with Crippen LogP contribution < -0.4 is 10.0 Å². The number of aromatic nitrogens is 1. The van der Waals surface area contributed by atoms with Gasteiger partial charge in [0.15, 0.2) is 5.58 Å². The summed E-state index contributed by atoms with van der Waals surface area (Å²) in [5.74, 6) is -2.15. The van der Waals surface area contributed by atoms with Gasteiger partial charge in [0.2, 0.25) is 15.9 Å². The number of hydrogen-bond acceptors (Lipinski definition) is 7. The summed E-state index contributed by atoms with van der Waals surface area (Å²) >= 11 is 6.09. The van der Waals surface area contributed by atoms with Crippen molar-refractivity contribution in [1.82, 2.24) is 20.1 Å². The molecule has 2 atom stereocenters. The highest BCUT2D eigenvalue weighted by molar-refractivity contribution is 7.89. The fourth-order valence-electron chi connectivity index (χ4n) is 6.05. The molecule has 1 aliphatic rings. The number of carbonyl (C=O) groups excluding carboxylic acids is 3. The van der Waals surface area contributed by atoms with Crippen molar-refractivity contribution in [3.8, 4) is 0 Å². The maximum absolute atomic E-state index is 13.8. The first-order valence-corrected chi connectivity index (χ1v) is 17.1. The van der Waals surface area contributed by atoms with Gasteiger partial charge in [-0.15, -0.1) is 0 Å². The van der Waals surface area contributed by atoms with Crippen LogP contribution in [-0.4, -0.2) is 55.3 Å². The molecule has 3 amide bonds. The molecule has 46 heavy (non-hydrogen) atoms. The molecular weight excluding hydrogens is 628 g/mol. The number of carbonyl (C=O) groups is 3. The molecule has 0 radical (unpaired) electrons. The van der Waals surface area contributed by atoms with Crippen molar-refractivity contribution < 1.29 is 27.3 Å². The highest BCUT2D eigenvalue weighted by Crippen LogP contribution is 2.42. The van der Waals surface area contributed by atoms with Crippen molar-refractivity contribution in [2.24, 2.45) is 11.3 Å². The Balaban J connectivity index is 1.24. The molecule has 0 bridgehead atoms. The summed E-state index contributed by atoms with van der Waals surface area (Å²) in [6.07, 6.45) is 0.770. The van der Waals surface area contributed by atoms with Crippen LogP contribution in [0.3, 0.4) is 0 Å². The molecule has 0 aliphatic carbocycles. The van der Waals surface area contributed by atoms with Crippen LogP contribution in [-0.2, 0) is 20.6 Å². The number of piperidine rings is 1. The molecule has 3 aromatic carbocycles. The Labute approximate surface area is 273 Å². The molecule has 0 saturated carbocycles. The predicted molar refractivity (Wildman–Crippen MR) is 176 cm³/mol. The lowest BCUT2D eigenvalue weighted by Gasteiger charge is -2.45. The van der Waals surface area contributed by atoms with E-state index < -0.39 is 33.6 Å². The fraction of sp³-hybridized carbons (Fsp3) is 0.353. The van der Waals surface area contributed by atoms with E-state index >= 15 is 0 Å². The number of nitrogens with one attached hydrogen (secondary N) is 2. The second-order valence-electron chi connectivity index (χ2n) is 12.7. The molecule has 10 nitrogen and oxygen atoms in total. The number of fused-ring (bicyclic) bond motifs is 1. The molecule has 4 aromatic rings. The first-order valence-electron chi connectivity index (χ1n) is 15.1. The van der Waals surface area contributed by atoms with E-state index in [1.165, 1.54) is 29.8 Å². The number of halogens is 1. The summed E-state index contributed by atoms with van der Waals surface area (Å²) in [7, 11) is -4.14. The standard InChI is InChI=1S/C34H37ClN4O6S/c1-21(2)30(33(42)39-17-16-27(34(3,4)20-39)22-12-14-25(35)15-13-22)36-31(40)23-8-7-9-24(18-23)32(41)38-46(43,44)19-28-26-10-5-6-11-29(26)45-37-28/h5-15,18,21,27,30H,16-17,19-20H2,1-4H3,(H,36,40)(H,38,41)/t27-,30-/m1/s1. The SMILES string of the molecule is CC(C)[C@@H](NC(=O)c1cccc(C(=O)NS(=O)(=O)Cc2noc3ccccc23)c1)C(=O)N1CC[C@H](c2ccc(Cl)cc2)C(C)(C)C1. The minimum absolute atomic E-state index is 0.0281. The van der Waals surface area contributed by atoms with Gasteiger partial charge in [0.1, 0.15) is 17.5 Å². The second-order valence-corrected chi connectivity index (χ2v) is 14.9. The summed E-state index contributed by atoms with van der Waals surface area (Å²) in [6, 6.07) is 19.5. The van der Waals surface area contributed by atoms with E-state index in [0.29, 0.717) is 29.1 Å². The minimum atomic E-state index is -4.14. The Bertz CT molecular complexity index is 1870. The molecule has 2 heterocycles. The lowest BCUT2D eigenvalue weighted by molar-refractivity contribution is -0.137. The van der Waals surface area contributed by atoms with Crippen molar-refractivity contribution in [1.29, 1.82) is 0 Å². The van der Waals surface area contributed by atoms with Gasteiger partial charge in [-0.2, -0.15) is 0 Å². The van der Waals surface area contributed by atoms with Gasteiger partial charge >= 0.3 is 0 Å². The van der Waals surface area contributed by atoms with Crippen LogP contribution in [0, 0.1) is 11.3 Å². The summed E-state index contributed by atoms with van der Waals surface area (Å²) in [5.41, 5.74) is 1.66. The first kappa shape index (κ1) is 33.2. The molecule has 1 aromatic heterocycles. The maximum Gasteiger partial charge on any atom is 0.264 e. The Kier molecular flexibility index (Phi) is 9.55. The zero-order chi connectivity index (χ0) is 33.2. The number of hydrogen-bond donors (Lipinski definition) is 2. The Morgan fingerprint density at radius 1 is 1.00 bits per heavy atom. The number of benzene rings is 3. The lowest BCUT2D eigenvalue weighted by atomic mass is 9.70. The molecule has 242 valence electrons. The van der Waals surface area contributed by atoms with Gasteiger partial charge in [0, 0.05) is 34.6 Å². The van der Waals surface area contributed by atoms with Crippen LogP contribution in [0.2, 0.25) is 5.02 Å². The summed E-state index contributed by atoms with van der Waals surface area (Å²) < 4.78 is 32.8. The Hall–Kier alpha value is -4.22. The van der Waals surface area contributed by atoms with Gasteiger partial charge in [-0.1, -0.05) is 74.8 Å². The molecule has 0 unspecified atom stereocenters. The van der Waals surface area contributed by atoms with Crippen LogP contribution in [0.4, 0.5) is 0 Å². The van der Waals surface area contributed by atoms with Crippen molar-refractivity contribution in [2.75, 3.05) is 13.1 Å². The highest BCUT2D eigenvalue weighted by Gasteiger charge is 2.40. The van der Waals surface area contributed by atoms with Crippen LogP contribution in [0.25, 0.3) is 11.0 Å². The van der Waals surface area contributed by atoms with Gasteiger partial charge < -0.3 is 14.7 Å². The number of likely N-dealkylation sites (tertiary alicyclic amines) is 1. The molecule has 12 heteroatoms. The third-order valence-electron chi connectivity index (χ3n) is 8.45. The van der Waals surface area contributed by atoms with Gasteiger partial charge in [0.05, 0.1) is 0 Å². The van der Waals surface area contributed by atoms with Gasteiger partial charge in [-0.25, -0.2) is 13.1 Å². The fourth-order valence-corrected chi connectivity index (χ4v) is 7.22. The average Bonchev–Trinajstić information content (AvgIpc) is 3.41. The van der Waals surface area contributed by atoms with Crippen molar-refractivity contribution in [2.45, 2.75) is 51.8 Å². The molecule has 0 spiro atoms. The van der Waals surface area contributed by atoms with Crippen molar-refractivity contribution in [3.05, 3.63) is 100 Å². The zero-order valence-electron chi connectivity index (χ0n) is 26.1. The van der Waals surface area contributed by atoms with Gasteiger partial charge in [-0.3, -0.25) is 14.4 Å². The molecule has 1 aliphatic heterocycles. The van der Waals surface area contributed by atoms with Crippen LogP contribution in [0.15, 0.2) is 77.3 Å². The van der Waals surface area contributed by atoms with Crippen LogP contribution in [0.1, 0.15) is 72.0 Å². The molecular formula is C34H37ClN4O6S. The third-order valence-corrected chi connectivity index (χ3v) is 9.85. The quantitative estimate of drug-likeness (QED) is 0.240. The predicted octanol–water partition coefficient (Wildman–Crippen LogP) is 5.54. The summed E-state index contributed by atoms with van der Waals surface area (Å²) in [6.45, 7) is 9.07. The summed E-state index contributed by atoms with van der Waals surface area (Å²) in [4.78, 5) is 41.9. The Morgan fingerprint density at radius 2 is 1.67 bits per heavy atom. The van der Waals surface area contributed by atoms with E-state index in [2.05, 4.69) is 24.3 Å². The largest absolute Gasteiger partial charge is 0.356 e. The minimum Gasteiger partial charge on any atom is -0.356 e. The molecule has 1 saturated heterocycles. The number of nitrogens with zero attached hydrogens (tertiary/aromatic N) is 2. The van der Waals surface area contributed by atoms with E-state index in [9.17, 15) is 22.8 Å². The third kappa shape index (κ3) is 7.42.